The van der Waals surface area contributed by atoms with Crippen molar-refractivity contribution in [2.24, 2.45) is 0 Å². The number of carbonyl (C=O) groups excluding carboxylic acids is 1. The molecular weight excluding hydrogens is 302 g/mol. The number of esters is 1. The van der Waals surface area contributed by atoms with Crippen LogP contribution in [0.1, 0.15) is 0 Å². The number of hydrogen-bond acceptors (Lipinski definition) is 6. The fourth-order valence-electron chi connectivity index (χ4n) is 1.31. The molecule has 0 aliphatic carbocycles. The monoisotopic (exact) mass is 317 g/mol. The maximum atomic E-state index is 11.9. The summed E-state index contributed by atoms with van der Waals surface area (Å²) < 4.78 is 5.44. The number of aromatic nitrogens is 2. The highest BCUT2D eigenvalue weighted by atomic mass is 35.5. The van der Waals surface area contributed by atoms with Gasteiger partial charge in [-0.1, -0.05) is 17.7 Å². The number of hydrogen-bond donors (Lipinski definition) is 1. The second-order valence-corrected chi connectivity index (χ2v) is 5.23. The number of halogens is 1. The molecule has 0 radical (unpaired) electrons. The van der Waals surface area contributed by atoms with E-state index in [1.807, 2.05) is 6.08 Å². The van der Waals surface area contributed by atoms with Gasteiger partial charge in [-0.3, -0.25) is 9.59 Å². The first-order chi connectivity index (χ1) is 9.60. The van der Waals surface area contributed by atoms with Gasteiger partial charge in [0.05, 0.1) is 19.0 Å². The molecule has 0 unspecified atom stereocenters. The van der Waals surface area contributed by atoms with Crippen molar-refractivity contribution < 1.29 is 9.53 Å². The van der Waals surface area contributed by atoms with Gasteiger partial charge in [0.1, 0.15) is 11.6 Å². The Balaban J connectivity index is 2.66. The third kappa shape index (κ3) is 4.90. The van der Waals surface area contributed by atoms with Crippen LogP contribution in [0.2, 0.25) is 5.02 Å². The van der Waals surface area contributed by atoms with Gasteiger partial charge in [0.25, 0.3) is 5.56 Å². The molecule has 1 aromatic heterocycles. The van der Waals surface area contributed by atoms with E-state index in [-0.39, 0.29) is 11.6 Å². The SMILES string of the molecule is C=CCSCCNc1cnn(CC(=O)OC)c(=O)c1Cl. The summed E-state index contributed by atoms with van der Waals surface area (Å²) in [7, 11) is 1.24. The van der Waals surface area contributed by atoms with Crippen molar-refractivity contribution in [1.82, 2.24) is 9.78 Å². The minimum absolute atomic E-state index is 0.0117. The van der Waals surface area contributed by atoms with Crippen molar-refractivity contribution >= 4 is 35.0 Å². The Bertz CT molecular complexity index is 533. The lowest BCUT2D eigenvalue weighted by atomic mass is 10.4. The molecule has 0 aromatic carbocycles. The van der Waals surface area contributed by atoms with Crippen molar-refractivity contribution in [2.45, 2.75) is 6.54 Å². The molecule has 1 N–H and O–H groups in total. The van der Waals surface area contributed by atoms with E-state index >= 15 is 0 Å². The Kier molecular flexibility index (Phi) is 7.17. The van der Waals surface area contributed by atoms with Crippen molar-refractivity contribution in [3.8, 4) is 0 Å². The number of carbonyl (C=O) groups is 1. The molecule has 0 aliphatic heterocycles. The summed E-state index contributed by atoms with van der Waals surface area (Å²) in [6.45, 7) is 4.02. The van der Waals surface area contributed by atoms with Gasteiger partial charge in [0.2, 0.25) is 0 Å². The molecule has 110 valence electrons. The zero-order chi connectivity index (χ0) is 15.0. The van der Waals surface area contributed by atoms with Crippen molar-refractivity contribution in [2.75, 3.05) is 30.5 Å². The first-order valence-electron chi connectivity index (χ1n) is 5.85. The molecular formula is C12H16ClN3O3S. The summed E-state index contributed by atoms with van der Waals surface area (Å²) in [5, 5.41) is 6.92. The van der Waals surface area contributed by atoms with Crippen molar-refractivity contribution in [1.29, 1.82) is 0 Å². The fourth-order valence-corrected chi connectivity index (χ4v) is 2.11. The fraction of sp³-hybridized carbons (Fsp3) is 0.417. The van der Waals surface area contributed by atoms with Gasteiger partial charge in [-0.25, -0.2) is 4.68 Å². The summed E-state index contributed by atoms with van der Waals surface area (Å²) >= 11 is 7.66. The molecule has 0 bridgehead atoms. The third-order valence-corrected chi connectivity index (χ3v) is 3.62. The quantitative estimate of drug-likeness (QED) is 0.444. The minimum atomic E-state index is -0.558. The van der Waals surface area contributed by atoms with Crippen LogP contribution in [0.5, 0.6) is 0 Å². The smallest absolute Gasteiger partial charge is 0.327 e. The van der Waals surface area contributed by atoms with Crippen LogP contribution < -0.4 is 10.9 Å². The van der Waals surface area contributed by atoms with E-state index < -0.39 is 11.5 Å². The number of nitrogens with zero attached hydrogens (tertiary/aromatic N) is 2. The van der Waals surface area contributed by atoms with Crippen LogP contribution in [-0.2, 0) is 16.1 Å². The van der Waals surface area contributed by atoms with Gasteiger partial charge in [0.15, 0.2) is 0 Å². The topological polar surface area (TPSA) is 73.2 Å². The predicted octanol–water partition coefficient (Wildman–Crippen LogP) is 1.40. The minimum Gasteiger partial charge on any atom is -0.468 e. The van der Waals surface area contributed by atoms with Gasteiger partial charge in [-0.2, -0.15) is 16.9 Å². The first-order valence-corrected chi connectivity index (χ1v) is 7.38. The molecule has 1 heterocycles. The number of anilines is 1. The number of methoxy groups -OCH3 is 1. The van der Waals surface area contributed by atoms with Crippen LogP contribution >= 0.6 is 23.4 Å². The zero-order valence-corrected chi connectivity index (χ0v) is 12.7. The maximum absolute atomic E-state index is 11.9. The molecule has 1 rings (SSSR count). The number of rotatable bonds is 8. The predicted molar refractivity (Wildman–Crippen MR) is 81.5 cm³/mol. The molecule has 0 spiro atoms. The molecule has 1 aromatic rings. The van der Waals surface area contributed by atoms with Gasteiger partial charge in [-0.15, -0.1) is 6.58 Å². The largest absolute Gasteiger partial charge is 0.468 e. The lowest BCUT2D eigenvalue weighted by molar-refractivity contribution is -0.141. The molecule has 0 atom stereocenters. The van der Waals surface area contributed by atoms with Crippen LogP contribution in [0.25, 0.3) is 0 Å². The standard InChI is InChI=1S/C12H16ClN3O3S/c1-3-5-20-6-4-14-9-7-15-16(8-10(17)19-2)12(18)11(9)13/h3,7,14H,1,4-6,8H2,2H3. The second kappa shape index (κ2) is 8.65. The molecule has 0 fully saturated rings. The molecule has 0 saturated carbocycles. The molecule has 20 heavy (non-hydrogen) atoms. The van der Waals surface area contributed by atoms with E-state index in [9.17, 15) is 9.59 Å². The van der Waals surface area contributed by atoms with E-state index in [2.05, 4.69) is 21.7 Å². The van der Waals surface area contributed by atoms with Gasteiger partial charge >= 0.3 is 5.97 Å². The van der Waals surface area contributed by atoms with Crippen LogP contribution in [0.3, 0.4) is 0 Å². The average Bonchev–Trinajstić information content (AvgIpc) is 2.45. The van der Waals surface area contributed by atoms with Crippen LogP contribution in [0, 0.1) is 0 Å². The van der Waals surface area contributed by atoms with E-state index in [1.54, 1.807) is 11.8 Å². The van der Waals surface area contributed by atoms with E-state index in [4.69, 9.17) is 11.6 Å². The summed E-state index contributed by atoms with van der Waals surface area (Å²) in [6, 6.07) is 0. The summed E-state index contributed by atoms with van der Waals surface area (Å²) in [5.74, 6) is 1.17. The molecule has 8 heteroatoms. The normalized spacial score (nSPS) is 10.1. The number of ether oxygens (including phenoxy) is 1. The highest BCUT2D eigenvalue weighted by molar-refractivity contribution is 7.99. The first kappa shape index (κ1) is 16.6. The Morgan fingerprint density at radius 3 is 3.10 bits per heavy atom. The highest BCUT2D eigenvalue weighted by Crippen LogP contribution is 2.15. The van der Waals surface area contributed by atoms with E-state index in [0.717, 1.165) is 16.2 Å². The maximum Gasteiger partial charge on any atom is 0.327 e. The Hall–Kier alpha value is -1.47. The second-order valence-electron chi connectivity index (χ2n) is 3.70. The van der Waals surface area contributed by atoms with Gasteiger partial charge < -0.3 is 10.1 Å². The van der Waals surface area contributed by atoms with Gasteiger partial charge in [-0.05, 0) is 0 Å². The Morgan fingerprint density at radius 1 is 1.70 bits per heavy atom. The van der Waals surface area contributed by atoms with Crippen LogP contribution in [0.15, 0.2) is 23.6 Å². The Morgan fingerprint density at radius 2 is 2.45 bits per heavy atom. The van der Waals surface area contributed by atoms with E-state index in [0.29, 0.717) is 12.2 Å². The molecule has 6 nitrogen and oxygen atoms in total. The van der Waals surface area contributed by atoms with Crippen molar-refractivity contribution in [3.05, 3.63) is 34.2 Å². The zero-order valence-electron chi connectivity index (χ0n) is 11.1. The molecule has 0 aliphatic rings. The Labute approximate surface area is 126 Å². The highest BCUT2D eigenvalue weighted by Gasteiger charge is 2.11. The average molecular weight is 318 g/mol. The summed E-state index contributed by atoms with van der Waals surface area (Å²) in [5.41, 5.74) is -0.0715. The lowest BCUT2D eigenvalue weighted by Gasteiger charge is -2.09. The van der Waals surface area contributed by atoms with Crippen molar-refractivity contribution in [3.63, 3.8) is 0 Å². The number of nitrogens with one attached hydrogen (secondary N) is 1. The number of thioether (sulfide) groups is 1. The van der Waals surface area contributed by atoms with Crippen LogP contribution in [0.4, 0.5) is 5.69 Å². The summed E-state index contributed by atoms with van der Waals surface area (Å²) in [4.78, 5) is 23.0. The van der Waals surface area contributed by atoms with Gasteiger partial charge in [0, 0.05) is 18.1 Å². The third-order valence-electron chi connectivity index (χ3n) is 2.29. The molecule has 0 saturated heterocycles. The molecule has 0 amide bonds. The van der Waals surface area contributed by atoms with Crippen LogP contribution in [-0.4, -0.2) is 40.9 Å². The lowest BCUT2D eigenvalue weighted by Crippen LogP contribution is -2.28. The summed E-state index contributed by atoms with van der Waals surface area (Å²) in [6.07, 6.45) is 3.25. The van der Waals surface area contributed by atoms with E-state index in [1.165, 1.54) is 13.3 Å².